The minimum absolute atomic E-state index is 0.000551. The number of fused-ring (bicyclic) bond motifs is 1. The number of carboxylic acids is 1. The van der Waals surface area contributed by atoms with Crippen molar-refractivity contribution in [3.8, 4) is 0 Å². The summed E-state index contributed by atoms with van der Waals surface area (Å²) >= 11 is 0. The second kappa shape index (κ2) is 15.7. The van der Waals surface area contributed by atoms with Gasteiger partial charge in [0.25, 0.3) is 0 Å². The van der Waals surface area contributed by atoms with Crippen LogP contribution in [0.2, 0.25) is 0 Å². The molecule has 4 unspecified atom stereocenters. The number of carboxylic acid groups (broad SMARTS) is 1. The summed E-state index contributed by atoms with van der Waals surface area (Å²) in [5, 5.41) is 19.0. The van der Waals surface area contributed by atoms with Gasteiger partial charge in [0, 0.05) is 29.9 Å². The van der Waals surface area contributed by atoms with Crippen molar-refractivity contribution in [2.75, 3.05) is 0 Å². The standard InChI is InChI=1S/C35H41N5O5/c1-22(2)17-29(33(42)40-31(35(44)45)19-24-13-7-4-8-14-24)39-34(43)30(20-25-21-37-28-16-10-9-15-26(25)28)38-32(41)27(36)18-23-11-5-3-6-12-23/h3-16,21-22,27,29-31,37H,17-20,36H2,1-2H3,(H,38,41)(H,39,43)(H,40,42)(H,44,45). The van der Waals surface area contributed by atoms with Crippen LogP contribution in [-0.4, -0.2) is 57.9 Å². The number of nitrogens with one attached hydrogen (secondary N) is 4. The van der Waals surface area contributed by atoms with Crippen molar-refractivity contribution in [2.24, 2.45) is 11.7 Å². The lowest BCUT2D eigenvalue weighted by Crippen LogP contribution is -2.58. The number of amides is 3. The molecule has 4 aromatic rings. The normalized spacial score (nSPS) is 13.9. The number of hydrogen-bond acceptors (Lipinski definition) is 5. The van der Waals surface area contributed by atoms with Gasteiger partial charge >= 0.3 is 5.97 Å². The van der Waals surface area contributed by atoms with Crippen LogP contribution < -0.4 is 21.7 Å². The first kappa shape index (κ1) is 32.9. The highest BCUT2D eigenvalue weighted by Crippen LogP contribution is 2.20. The number of aromatic amines is 1. The number of hydrogen-bond donors (Lipinski definition) is 6. The van der Waals surface area contributed by atoms with Crippen LogP contribution in [0.5, 0.6) is 0 Å². The highest BCUT2D eigenvalue weighted by atomic mass is 16.4. The van der Waals surface area contributed by atoms with Crippen LogP contribution in [-0.2, 0) is 38.4 Å². The second-order valence-corrected chi connectivity index (χ2v) is 11.7. The van der Waals surface area contributed by atoms with Crippen molar-refractivity contribution in [2.45, 2.75) is 63.7 Å². The predicted octanol–water partition coefficient (Wildman–Crippen LogP) is 3.11. The van der Waals surface area contributed by atoms with Crippen LogP contribution in [0.1, 0.15) is 37.0 Å². The molecule has 0 spiro atoms. The van der Waals surface area contributed by atoms with Crippen molar-refractivity contribution in [1.82, 2.24) is 20.9 Å². The fraction of sp³-hybridized carbons (Fsp3) is 0.314. The van der Waals surface area contributed by atoms with Gasteiger partial charge in [0.2, 0.25) is 17.7 Å². The molecule has 3 amide bonds. The van der Waals surface area contributed by atoms with E-state index in [9.17, 15) is 24.3 Å². The number of aliphatic carboxylic acids is 1. The Kier molecular flexibility index (Phi) is 11.5. The third kappa shape index (κ3) is 9.51. The zero-order valence-electron chi connectivity index (χ0n) is 25.5. The minimum atomic E-state index is -1.19. The molecule has 10 nitrogen and oxygen atoms in total. The van der Waals surface area contributed by atoms with Gasteiger partial charge in [-0.25, -0.2) is 4.79 Å². The first-order valence-electron chi connectivity index (χ1n) is 15.1. The van der Waals surface area contributed by atoms with Crippen LogP contribution >= 0.6 is 0 Å². The Hall–Kier alpha value is -4.96. The largest absolute Gasteiger partial charge is 0.480 e. The Labute approximate surface area is 262 Å². The van der Waals surface area contributed by atoms with E-state index in [4.69, 9.17) is 5.73 Å². The van der Waals surface area contributed by atoms with E-state index < -0.39 is 47.9 Å². The zero-order chi connectivity index (χ0) is 32.3. The monoisotopic (exact) mass is 611 g/mol. The number of aromatic nitrogens is 1. The Morgan fingerprint density at radius 1 is 0.689 bits per heavy atom. The first-order valence-corrected chi connectivity index (χ1v) is 15.1. The molecule has 0 aliphatic rings. The summed E-state index contributed by atoms with van der Waals surface area (Å²) < 4.78 is 0. The van der Waals surface area contributed by atoms with Gasteiger partial charge in [0.1, 0.15) is 18.1 Å². The van der Waals surface area contributed by atoms with Crippen molar-refractivity contribution in [3.63, 3.8) is 0 Å². The van der Waals surface area contributed by atoms with E-state index in [1.54, 1.807) is 30.5 Å². The summed E-state index contributed by atoms with van der Waals surface area (Å²) in [4.78, 5) is 55.8. The first-order chi connectivity index (χ1) is 21.6. The van der Waals surface area contributed by atoms with Gasteiger partial charge in [0.05, 0.1) is 6.04 Å². The van der Waals surface area contributed by atoms with Crippen molar-refractivity contribution < 1.29 is 24.3 Å². The molecule has 0 saturated carbocycles. The minimum Gasteiger partial charge on any atom is -0.480 e. The van der Waals surface area contributed by atoms with Crippen LogP contribution in [0.3, 0.4) is 0 Å². The molecule has 7 N–H and O–H groups in total. The SMILES string of the molecule is CC(C)CC(NC(=O)C(Cc1c[nH]c2ccccc12)NC(=O)C(N)Cc1ccccc1)C(=O)NC(Cc1ccccc1)C(=O)O. The molecular formula is C35H41N5O5. The van der Waals surface area contributed by atoms with Crippen LogP contribution in [0.15, 0.2) is 91.1 Å². The highest BCUT2D eigenvalue weighted by Gasteiger charge is 2.31. The molecule has 236 valence electrons. The summed E-state index contributed by atoms with van der Waals surface area (Å²) in [5.74, 6) is -2.87. The Morgan fingerprint density at radius 3 is 1.84 bits per heavy atom. The van der Waals surface area contributed by atoms with E-state index in [2.05, 4.69) is 20.9 Å². The number of carbonyl (C=O) groups excluding carboxylic acids is 3. The molecule has 0 fully saturated rings. The molecule has 0 saturated heterocycles. The van der Waals surface area contributed by atoms with Crippen molar-refractivity contribution >= 4 is 34.6 Å². The molecule has 0 aliphatic heterocycles. The maximum atomic E-state index is 13.9. The van der Waals surface area contributed by atoms with E-state index in [1.807, 2.05) is 74.5 Å². The number of benzene rings is 3. The lowest BCUT2D eigenvalue weighted by molar-refractivity contribution is -0.142. The topological polar surface area (TPSA) is 166 Å². The number of para-hydroxylation sites is 1. The zero-order valence-corrected chi connectivity index (χ0v) is 25.5. The molecular weight excluding hydrogens is 570 g/mol. The van der Waals surface area contributed by atoms with Gasteiger partial charge in [-0.3, -0.25) is 14.4 Å². The smallest absolute Gasteiger partial charge is 0.326 e. The maximum Gasteiger partial charge on any atom is 0.326 e. The lowest BCUT2D eigenvalue weighted by Gasteiger charge is -2.26. The molecule has 0 aliphatic carbocycles. The van der Waals surface area contributed by atoms with E-state index in [0.717, 1.165) is 27.6 Å². The Bertz CT molecular complexity index is 1590. The van der Waals surface area contributed by atoms with Gasteiger partial charge in [0.15, 0.2) is 0 Å². The van der Waals surface area contributed by atoms with Crippen molar-refractivity contribution in [1.29, 1.82) is 0 Å². The average Bonchev–Trinajstić information content (AvgIpc) is 3.43. The molecule has 0 radical (unpaired) electrons. The summed E-state index contributed by atoms with van der Waals surface area (Å²) in [5.41, 5.74) is 9.58. The van der Waals surface area contributed by atoms with E-state index in [1.165, 1.54) is 0 Å². The molecule has 10 heteroatoms. The van der Waals surface area contributed by atoms with Gasteiger partial charge in [-0.1, -0.05) is 92.7 Å². The Balaban J connectivity index is 1.53. The molecule has 0 bridgehead atoms. The van der Waals surface area contributed by atoms with Crippen molar-refractivity contribution in [3.05, 3.63) is 108 Å². The van der Waals surface area contributed by atoms with Gasteiger partial charge in [-0.15, -0.1) is 0 Å². The van der Waals surface area contributed by atoms with Gasteiger partial charge in [-0.2, -0.15) is 0 Å². The third-order valence-corrected chi connectivity index (χ3v) is 7.60. The van der Waals surface area contributed by atoms with Crippen LogP contribution in [0, 0.1) is 5.92 Å². The molecule has 45 heavy (non-hydrogen) atoms. The van der Waals surface area contributed by atoms with E-state index in [-0.39, 0.29) is 31.6 Å². The molecule has 1 aromatic heterocycles. The lowest BCUT2D eigenvalue weighted by atomic mass is 9.99. The average molecular weight is 612 g/mol. The molecule has 4 rings (SSSR count). The summed E-state index contributed by atoms with van der Waals surface area (Å²) in [6, 6.07) is 21.8. The van der Waals surface area contributed by atoms with Crippen LogP contribution in [0.4, 0.5) is 0 Å². The summed E-state index contributed by atoms with van der Waals surface area (Å²) in [6.07, 6.45) is 2.56. The third-order valence-electron chi connectivity index (χ3n) is 7.60. The van der Waals surface area contributed by atoms with E-state index >= 15 is 0 Å². The molecule has 3 aromatic carbocycles. The summed E-state index contributed by atoms with van der Waals surface area (Å²) in [6.45, 7) is 3.80. The quantitative estimate of drug-likeness (QED) is 0.121. The fourth-order valence-corrected chi connectivity index (χ4v) is 5.27. The highest BCUT2D eigenvalue weighted by molar-refractivity contribution is 5.95. The maximum absolute atomic E-state index is 13.9. The Morgan fingerprint density at radius 2 is 1.22 bits per heavy atom. The number of carbonyl (C=O) groups is 4. The van der Waals surface area contributed by atoms with Crippen LogP contribution in [0.25, 0.3) is 10.9 Å². The molecule has 1 heterocycles. The van der Waals surface area contributed by atoms with E-state index in [0.29, 0.717) is 0 Å². The van der Waals surface area contributed by atoms with Gasteiger partial charge < -0.3 is 31.8 Å². The van der Waals surface area contributed by atoms with Gasteiger partial charge in [-0.05, 0) is 41.5 Å². The number of rotatable bonds is 15. The number of H-pyrrole nitrogens is 1. The summed E-state index contributed by atoms with van der Waals surface area (Å²) in [7, 11) is 0. The predicted molar refractivity (Wildman–Crippen MR) is 173 cm³/mol. The fourth-order valence-electron chi connectivity index (χ4n) is 5.27. The number of nitrogens with two attached hydrogens (primary N) is 1. The molecule has 4 atom stereocenters. The second-order valence-electron chi connectivity index (χ2n) is 11.7.